The number of rotatable bonds is 3. The standard InChI is InChI=1S/C6H14N2O/c1-4-5(2)6(9)8-7-3/h5,7H,4H2,1-3H3,(H,8,9). The summed E-state index contributed by atoms with van der Waals surface area (Å²) in [5, 5.41) is 0. The zero-order valence-electron chi connectivity index (χ0n) is 6.19. The fourth-order valence-corrected chi connectivity index (χ4v) is 0.432. The lowest BCUT2D eigenvalue weighted by atomic mass is 10.1. The lowest BCUT2D eigenvalue weighted by Gasteiger charge is -2.07. The Labute approximate surface area is 55.8 Å². The Morgan fingerprint density at radius 1 is 1.67 bits per heavy atom. The van der Waals surface area contributed by atoms with Crippen LogP contribution in [0.25, 0.3) is 0 Å². The molecule has 0 aliphatic heterocycles. The predicted molar refractivity (Wildman–Crippen MR) is 36.7 cm³/mol. The van der Waals surface area contributed by atoms with Crippen molar-refractivity contribution in [2.75, 3.05) is 7.05 Å². The first kappa shape index (κ1) is 8.43. The molecular formula is C6H14N2O. The fourth-order valence-electron chi connectivity index (χ4n) is 0.432. The van der Waals surface area contributed by atoms with Crippen molar-refractivity contribution in [3.8, 4) is 0 Å². The Hall–Kier alpha value is -0.570. The molecule has 0 aliphatic carbocycles. The molecule has 0 bridgehead atoms. The molecule has 3 nitrogen and oxygen atoms in total. The normalized spacial score (nSPS) is 12.8. The van der Waals surface area contributed by atoms with Crippen molar-refractivity contribution in [3.05, 3.63) is 0 Å². The van der Waals surface area contributed by atoms with Gasteiger partial charge < -0.3 is 0 Å². The van der Waals surface area contributed by atoms with E-state index >= 15 is 0 Å². The second-order valence-corrected chi connectivity index (χ2v) is 2.05. The van der Waals surface area contributed by atoms with Gasteiger partial charge in [0.25, 0.3) is 0 Å². The van der Waals surface area contributed by atoms with Gasteiger partial charge in [0.15, 0.2) is 0 Å². The number of nitrogens with one attached hydrogen (secondary N) is 2. The average Bonchev–Trinajstić information content (AvgIpc) is 1.87. The number of carbonyl (C=O) groups excluding carboxylic acids is 1. The van der Waals surface area contributed by atoms with E-state index in [1.54, 1.807) is 7.05 Å². The molecule has 9 heavy (non-hydrogen) atoms. The first-order valence-corrected chi connectivity index (χ1v) is 3.19. The number of hydrogen-bond donors (Lipinski definition) is 2. The molecule has 0 fully saturated rings. The molecule has 1 atom stereocenters. The highest BCUT2D eigenvalue weighted by Gasteiger charge is 2.07. The number of hydrazine groups is 1. The van der Waals surface area contributed by atoms with E-state index in [9.17, 15) is 4.79 Å². The summed E-state index contributed by atoms with van der Waals surface area (Å²) < 4.78 is 0. The van der Waals surface area contributed by atoms with Crippen molar-refractivity contribution in [3.63, 3.8) is 0 Å². The van der Waals surface area contributed by atoms with Crippen LogP contribution in [0.3, 0.4) is 0 Å². The molecule has 0 radical (unpaired) electrons. The van der Waals surface area contributed by atoms with Gasteiger partial charge in [-0.25, -0.2) is 5.43 Å². The van der Waals surface area contributed by atoms with Crippen LogP contribution in [0.15, 0.2) is 0 Å². The molecule has 0 spiro atoms. The lowest BCUT2D eigenvalue weighted by Crippen LogP contribution is -2.37. The minimum absolute atomic E-state index is 0.0556. The Morgan fingerprint density at radius 3 is 2.56 bits per heavy atom. The third-order valence-corrected chi connectivity index (χ3v) is 1.31. The first-order chi connectivity index (χ1) is 4.22. The van der Waals surface area contributed by atoms with Crippen molar-refractivity contribution in [1.82, 2.24) is 10.9 Å². The van der Waals surface area contributed by atoms with Crippen molar-refractivity contribution in [1.29, 1.82) is 0 Å². The van der Waals surface area contributed by atoms with Crippen molar-refractivity contribution >= 4 is 5.91 Å². The summed E-state index contributed by atoms with van der Waals surface area (Å²) in [6.45, 7) is 3.88. The molecule has 0 aromatic carbocycles. The Balaban J connectivity index is 3.46. The molecule has 3 heteroatoms. The maximum atomic E-state index is 10.8. The van der Waals surface area contributed by atoms with E-state index in [0.717, 1.165) is 6.42 Å². The maximum absolute atomic E-state index is 10.8. The van der Waals surface area contributed by atoms with Crippen LogP contribution in [-0.2, 0) is 4.79 Å². The van der Waals surface area contributed by atoms with Crippen LogP contribution in [0.5, 0.6) is 0 Å². The fraction of sp³-hybridized carbons (Fsp3) is 0.833. The lowest BCUT2D eigenvalue weighted by molar-refractivity contribution is -0.125. The molecule has 0 rings (SSSR count). The van der Waals surface area contributed by atoms with E-state index in [-0.39, 0.29) is 11.8 Å². The number of carbonyl (C=O) groups is 1. The van der Waals surface area contributed by atoms with Gasteiger partial charge >= 0.3 is 0 Å². The molecule has 1 amide bonds. The van der Waals surface area contributed by atoms with Gasteiger partial charge in [0.2, 0.25) is 5.91 Å². The van der Waals surface area contributed by atoms with Gasteiger partial charge in [0.1, 0.15) is 0 Å². The number of amides is 1. The summed E-state index contributed by atoms with van der Waals surface area (Å²) in [4.78, 5) is 10.8. The van der Waals surface area contributed by atoms with Crippen LogP contribution in [-0.4, -0.2) is 13.0 Å². The Kier molecular flexibility index (Phi) is 4.05. The summed E-state index contributed by atoms with van der Waals surface area (Å²) in [5.74, 6) is 0.164. The molecule has 0 saturated carbocycles. The molecular weight excluding hydrogens is 116 g/mol. The van der Waals surface area contributed by atoms with Crippen LogP contribution in [0, 0.1) is 5.92 Å². The average molecular weight is 130 g/mol. The Bertz CT molecular complexity index is 93.1. The van der Waals surface area contributed by atoms with Gasteiger partial charge in [0.05, 0.1) is 0 Å². The van der Waals surface area contributed by atoms with Gasteiger partial charge in [-0.1, -0.05) is 13.8 Å². The second-order valence-electron chi connectivity index (χ2n) is 2.05. The van der Waals surface area contributed by atoms with Crippen molar-refractivity contribution in [2.24, 2.45) is 5.92 Å². The summed E-state index contributed by atoms with van der Waals surface area (Å²) in [7, 11) is 1.68. The zero-order valence-corrected chi connectivity index (χ0v) is 6.19. The van der Waals surface area contributed by atoms with Gasteiger partial charge in [-0.05, 0) is 6.42 Å². The van der Waals surface area contributed by atoms with E-state index in [0.29, 0.717) is 0 Å². The van der Waals surface area contributed by atoms with E-state index in [1.807, 2.05) is 13.8 Å². The molecule has 0 aliphatic rings. The van der Waals surface area contributed by atoms with E-state index in [2.05, 4.69) is 10.9 Å². The highest BCUT2D eigenvalue weighted by atomic mass is 16.2. The summed E-state index contributed by atoms with van der Waals surface area (Å²) in [6, 6.07) is 0. The van der Waals surface area contributed by atoms with E-state index in [4.69, 9.17) is 0 Å². The minimum Gasteiger partial charge on any atom is -0.292 e. The van der Waals surface area contributed by atoms with Crippen LogP contribution in [0.1, 0.15) is 20.3 Å². The first-order valence-electron chi connectivity index (χ1n) is 3.19. The predicted octanol–water partition coefficient (Wildman–Crippen LogP) is 0.283. The van der Waals surface area contributed by atoms with Crippen molar-refractivity contribution < 1.29 is 4.79 Å². The SMILES string of the molecule is CCC(C)C(=O)NNC. The summed E-state index contributed by atoms with van der Waals surface area (Å²) in [6.07, 6.45) is 0.882. The topological polar surface area (TPSA) is 41.1 Å². The number of hydrogen-bond acceptors (Lipinski definition) is 2. The molecule has 0 aromatic heterocycles. The third kappa shape index (κ3) is 3.08. The molecule has 2 N–H and O–H groups in total. The minimum atomic E-state index is 0.0556. The smallest absolute Gasteiger partial charge is 0.236 e. The molecule has 0 saturated heterocycles. The van der Waals surface area contributed by atoms with Crippen molar-refractivity contribution in [2.45, 2.75) is 20.3 Å². The highest BCUT2D eigenvalue weighted by molar-refractivity contribution is 5.77. The zero-order chi connectivity index (χ0) is 7.28. The van der Waals surface area contributed by atoms with Crippen LogP contribution < -0.4 is 10.9 Å². The van der Waals surface area contributed by atoms with Gasteiger partial charge in [-0.15, -0.1) is 0 Å². The van der Waals surface area contributed by atoms with Gasteiger partial charge in [-0.2, -0.15) is 0 Å². The summed E-state index contributed by atoms with van der Waals surface area (Å²) >= 11 is 0. The highest BCUT2D eigenvalue weighted by Crippen LogP contribution is 1.97. The van der Waals surface area contributed by atoms with Crippen LogP contribution >= 0.6 is 0 Å². The van der Waals surface area contributed by atoms with Gasteiger partial charge in [0, 0.05) is 13.0 Å². The van der Waals surface area contributed by atoms with E-state index < -0.39 is 0 Å². The largest absolute Gasteiger partial charge is 0.292 e. The molecule has 0 heterocycles. The Morgan fingerprint density at radius 2 is 2.22 bits per heavy atom. The maximum Gasteiger partial charge on any atom is 0.236 e. The molecule has 0 aromatic rings. The summed E-state index contributed by atoms with van der Waals surface area (Å²) in [5.41, 5.74) is 5.09. The van der Waals surface area contributed by atoms with E-state index in [1.165, 1.54) is 0 Å². The molecule has 1 unspecified atom stereocenters. The third-order valence-electron chi connectivity index (χ3n) is 1.31. The second kappa shape index (κ2) is 4.32. The van der Waals surface area contributed by atoms with Crippen LogP contribution in [0.4, 0.5) is 0 Å². The van der Waals surface area contributed by atoms with Crippen LogP contribution in [0.2, 0.25) is 0 Å². The monoisotopic (exact) mass is 130 g/mol. The molecule has 54 valence electrons. The quantitative estimate of drug-likeness (QED) is 0.539. The van der Waals surface area contributed by atoms with Gasteiger partial charge in [-0.3, -0.25) is 10.2 Å².